The molecule has 1 aliphatic rings. The van der Waals surface area contributed by atoms with Gasteiger partial charge < -0.3 is 10.4 Å². The molecule has 3 nitrogen and oxygen atoms in total. The van der Waals surface area contributed by atoms with Crippen LogP contribution in [0.15, 0.2) is 48.5 Å². The van der Waals surface area contributed by atoms with E-state index in [2.05, 4.69) is 22.3 Å². The fourth-order valence-electron chi connectivity index (χ4n) is 3.48. The fraction of sp³-hybridized carbons (Fsp3) is 0.400. The largest absolute Gasteiger partial charge is 0.387 e. The first-order chi connectivity index (χ1) is 12.0. The minimum atomic E-state index is -0.821. The second kappa shape index (κ2) is 8.04. The number of likely N-dealkylation sites (tertiary alicyclic amines) is 1. The van der Waals surface area contributed by atoms with Crippen LogP contribution >= 0.6 is 0 Å². The molecule has 3 rings (SSSR count). The van der Waals surface area contributed by atoms with Gasteiger partial charge in [0, 0.05) is 32.2 Å². The molecule has 2 N–H and O–H groups in total. The lowest BCUT2D eigenvalue weighted by Crippen LogP contribution is -2.53. The Morgan fingerprint density at radius 3 is 2.48 bits per heavy atom. The summed E-state index contributed by atoms with van der Waals surface area (Å²) in [5, 5.41) is 14.0. The number of hydrogen-bond donors (Lipinski definition) is 2. The first-order valence-electron chi connectivity index (χ1n) is 8.67. The fourth-order valence-corrected chi connectivity index (χ4v) is 3.48. The van der Waals surface area contributed by atoms with Gasteiger partial charge in [0.25, 0.3) is 0 Å². The van der Waals surface area contributed by atoms with Crippen molar-refractivity contribution in [3.63, 3.8) is 0 Å². The molecule has 25 heavy (non-hydrogen) atoms. The highest BCUT2D eigenvalue weighted by molar-refractivity contribution is 5.18. The van der Waals surface area contributed by atoms with Gasteiger partial charge in [0.2, 0.25) is 0 Å². The van der Waals surface area contributed by atoms with Crippen molar-refractivity contribution in [2.45, 2.75) is 31.5 Å². The summed E-state index contributed by atoms with van der Waals surface area (Å²) in [7, 11) is 0. The number of rotatable bonds is 6. The topological polar surface area (TPSA) is 35.5 Å². The van der Waals surface area contributed by atoms with Crippen molar-refractivity contribution < 1.29 is 13.9 Å². The third-order valence-corrected chi connectivity index (χ3v) is 4.59. The van der Waals surface area contributed by atoms with E-state index in [1.165, 1.54) is 17.7 Å². The third kappa shape index (κ3) is 5.33. The molecule has 1 heterocycles. The molecule has 0 aliphatic carbocycles. The Morgan fingerprint density at radius 1 is 1.04 bits per heavy atom. The van der Waals surface area contributed by atoms with Gasteiger partial charge in [-0.05, 0) is 42.6 Å². The molecular weight excluding hydrogens is 322 g/mol. The SMILES string of the molecule is OC1(CNCc2cc(F)cc(F)c2)CCCN(Cc2ccccc2)C1. The molecule has 1 aliphatic heterocycles. The third-order valence-electron chi connectivity index (χ3n) is 4.59. The highest BCUT2D eigenvalue weighted by atomic mass is 19.1. The van der Waals surface area contributed by atoms with Gasteiger partial charge in [-0.25, -0.2) is 8.78 Å². The Balaban J connectivity index is 1.52. The second-order valence-corrected chi connectivity index (χ2v) is 6.91. The Morgan fingerprint density at radius 2 is 1.76 bits per heavy atom. The van der Waals surface area contributed by atoms with Crippen LogP contribution in [0.1, 0.15) is 24.0 Å². The minimum absolute atomic E-state index is 0.329. The maximum absolute atomic E-state index is 13.2. The van der Waals surface area contributed by atoms with Gasteiger partial charge in [0.05, 0.1) is 5.60 Å². The lowest BCUT2D eigenvalue weighted by molar-refractivity contribution is -0.0320. The zero-order chi connectivity index (χ0) is 17.7. The molecule has 0 amide bonds. The van der Waals surface area contributed by atoms with Crippen molar-refractivity contribution in [3.05, 3.63) is 71.3 Å². The van der Waals surface area contributed by atoms with Crippen LogP contribution in [0.2, 0.25) is 0 Å². The first-order valence-corrected chi connectivity index (χ1v) is 8.67. The molecule has 2 aromatic carbocycles. The van der Waals surface area contributed by atoms with Crippen molar-refractivity contribution in [1.29, 1.82) is 0 Å². The molecule has 134 valence electrons. The summed E-state index contributed by atoms with van der Waals surface area (Å²) in [6, 6.07) is 13.7. The first kappa shape index (κ1) is 18.0. The zero-order valence-corrected chi connectivity index (χ0v) is 14.2. The van der Waals surface area contributed by atoms with Crippen LogP contribution in [-0.4, -0.2) is 35.2 Å². The Bertz CT molecular complexity index is 675. The summed E-state index contributed by atoms with van der Waals surface area (Å²) in [6.45, 7) is 3.10. The molecule has 2 aromatic rings. The van der Waals surface area contributed by atoms with Crippen molar-refractivity contribution in [2.75, 3.05) is 19.6 Å². The Kier molecular flexibility index (Phi) is 5.78. The molecule has 1 fully saturated rings. The number of hydrogen-bond acceptors (Lipinski definition) is 3. The van der Waals surface area contributed by atoms with Crippen LogP contribution < -0.4 is 5.32 Å². The number of nitrogens with zero attached hydrogens (tertiary/aromatic N) is 1. The summed E-state index contributed by atoms with van der Waals surface area (Å²) < 4.78 is 26.4. The van der Waals surface area contributed by atoms with Gasteiger partial charge in [0.15, 0.2) is 0 Å². The van der Waals surface area contributed by atoms with Crippen LogP contribution in [0, 0.1) is 11.6 Å². The summed E-state index contributed by atoms with van der Waals surface area (Å²) in [5.74, 6) is -1.16. The Hall–Kier alpha value is -1.82. The van der Waals surface area contributed by atoms with E-state index in [0.717, 1.165) is 32.0 Å². The average Bonchev–Trinajstić information content (AvgIpc) is 2.55. The van der Waals surface area contributed by atoms with Crippen LogP contribution in [0.5, 0.6) is 0 Å². The quantitative estimate of drug-likeness (QED) is 0.844. The highest BCUT2D eigenvalue weighted by Gasteiger charge is 2.32. The molecule has 5 heteroatoms. The minimum Gasteiger partial charge on any atom is -0.387 e. The van der Waals surface area contributed by atoms with Gasteiger partial charge in [-0.3, -0.25) is 4.90 Å². The number of benzene rings is 2. The van der Waals surface area contributed by atoms with Crippen LogP contribution in [-0.2, 0) is 13.1 Å². The van der Waals surface area contributed by atoms with Crippen LogP contribution in [0.3, 0.4) is 0 Å². The van der Waals surface area contributed by atoms with Crippen LogP contribution in [0.25, 0.3) is 0 Å². The van der Waals surface area contributed by atoms with E-state index in [1.54, 1.807) is 0 Å². The van der Waals surface area contributed by atoms with E-state index in [1.807, 2.05) is 18.2 Å². The second-order valence-electron chi connectivity index (χ2n) is 6.91. The number of piperidine rings is 1. The number of halogens is 2. The number of β-amino-alcohol motifs (C(OH)–C–C–N with tert-alkyl or cyclic N) is 1. The summed E-state index contributed by atoms with van der Waals surface area (Å²) in [6.07, 6.45) is 1.66. The number of nitrogens with one attached hydrogen (secondary N) is 1. The molecule has 0 radical (unpaired) electrons. The van der Waals surface area contributed by atoms with Crippen molar-refractivity contribution in [1.82, 2.24) is 10.2 Å². The van der Waals surface area contributed by atoms with E-state index in [-0.39, 0.29) is 0 Å². The van der Waals surface area contributed by atoms with E-state index < -0.39 is 17.2 Å². The lowest BCUT2D eigenvalue weighted by Gasteiger charge is -2.39. The molecule has 0 bridgehead atoms. The molecule has 1 saturated heterocycles. The molecule has 0 aromatic heterocycles. The summed E-state index contributed by atoms with van der Waals surface area (Å²) in [5.41, 5.74) is 0.951. The molecule has 0 spiro atoms. The smallest absolute Gasteiger partial charge is 0.126 e. The van der Waals surface area contributed by atoms with E-state index in [9.17, 15) is 13.9 Å². The van der Waals surface area contributed by atoms with Crippen LogP contribution in [0.4, 0.5) is 8.78 Å². The van der Waals surface area contributed by atoms with Gasteiger partial charge in [-0.1, -0.05) is 30.3 Å². The number of aliphatic hydroxyl groups is 1. The summed E-state index contributed by atoms with van der Waals surface area (Å²) in [4.78, 5) is 2.25. The maximum atomic E-state index is 13.2. The van der Waals surface area contributed by atoms with Crippen molar-refractivity contribution >= 4 is 0 Å². The molecule has 1 unspecified atom stereocenters. The standard InChI is InChI=1S/C20H24F2N2O/c21-18-9-17(10-19(22)11-18)12-23-14-20(25)7-4-8-24(15-20)13-16-5-2-1-3-6-16/h1-3,5-6,9-11,23,25H,4,7-8,12-15H2. The molecule has 1 atom stereocenters. The Labute approximate surface area is 147 Å². The predicted molar refractivity (Wildman–Crippen MR) is 94.0 cm³/mol. The highest BCUT2D eigenvalue weighted by Crippen LogP contribution is 2.22. The van der Waals surface area contributed by atoms with Gasteiger partial charge in [0.1, 0.15) is 11.6 Å². The van der Waals surface area contributed by atoms with Gasteiger partial charge in [-0.15, -0.1) is 0 Å². The van der Waals surface area contributed by atoms with E-state index >= 15 is 0 Å². The lowest BCUT2D eigenvalue weighted by atomic mass is 9.92. The van der Waals surface area contributed by atoms with Crippen molar-refractivity contribution in [2.24, 2.45) is 0 Å². The monoisotopic (exact) mass is 346 g/mol. The maximum Gasteiger partial charge on any atom is 0.126 e. The zero-order valence-electron chi connectivity index (χ0n) is 14.2. The molecular formula is C20H24F2N2O. The normalized spacial score (nSPS) is 21.4. The predicted octanol–water partition coefficient (Wildman–Crippen LogP) is 3.08. The van der Waals surface area contributed by atoms with E-state index in [0.29, 0.717) is 25.2 Å². The van der Waals surface area contributed by atoms with E-state index in [4.69, 9.17) is 0 Å². The van der Waals surface area contributed by atoms with Crippen molar-refractivity contribution in [3.8, 4) is 0 Å². The van der Waals surface area contributed by atoms with Gasteiger partial charge in [-0.2, -0.15) is 0 Å². The molecule has 0 saturated carbocycles. The summed E-state index contributed by atoms with van der Waals surface area (Å²) >= 11 is 0. The van der Waals surface area contributed by atoms with Gasteiger partial charge >= 0.3 is 0 Å². The average molecular weight is 346 g/mol.